The third kappa shape index (κ3) is 5.42. The van der Waals surface area contributed by atoms with Crippen molar-refractivity contribution in [3.63, 3.8) is 0 Å². The lowest BCUT2D eigenvalue weighted by Gasteiger charge is -2.26. The van der Waals surface area contributed by atoms with E-state index in [1.165, 1.54) is 22.5 Å². The van der Waals surface area contributed by atoms with Gasteiger partial charge in [0.1, 0.15) is 6.20 Å². The SMILES string of the molecule is Cc1ccc(C(=O)OCC(=O)Nc2ncc([N+](=O)[O-])s2)cc1S(=O)(=O)N1CCCCC1. The van der Waals surface area contributed by atoms with Crippen LogP contribution in [0.2, 0.25) is 0 Å². The highest BCUT2D eigenvalue weighted by molar-refractivity contribution is 7.89. The Labute approximate surface area is 182 Å². The van der Waals surface area contributed by atoms with Gasteiger partial charge in [0.05, 0.1) is 15.4 Å². The lowest BCUT2D eigenvalue weighted by Crippen LogP contribution is -2.36. The average molecular weight is 469 g/mol. The van der Waals surface area contributed by atoms with E-state index in [1.54, 1.807) is 6.92 Å². The number of piperidine rings is 1. The van der Waals surface area contributed by atoms with Gasteiger partial charge in [-0.2, -0.15) is 4.31 Å². The molecule has 13 heteroatoms. The van der Waals surface area contributed by atoms with Crippen molar-refractivity contribution in [1.29, 1.82) is 0 Å². The van der Waals surface area contributed by atoms with Gasteiger partial charge in [0.25, 0.3) is 5.91 Å². The van der Waals surface area contributed by atoms with E-state index in [-0.39, 0.29) is 20.6 Å². The van der Waals surface area contributed by atoms with E-state index in [4.69, 9.17) is 4.74 Å². The molecule has 0 atom stereocenters. The number of rotatable bonds is 7. The Bertz CT molecular complexity index is 1110. The second-order valence-electron chi connectivity index (χ2n) is 6.83. The van der Waals surface area contributed by atoms with Crippen LogP contribution in [0.15, 0.2) is 29.3 Å². The van der Waals surface area contributed by atoms with E-state index in [2.05, 4.69) is 10.3 Å². The van der Waals surface area contributed by atoms with Gasteiger partial charge in [0.15, 0.2) is 11.7 Å². The molecule has 0 aliphatic carbocycles. The Morgan fingerprint density at radius 1 is 1.29 bits per heavy atom. The average Bonchev–Trinajstić information content (AvgIpc) is 3.21. The van der Waals surface area contributed by atoms with Crippen LogP contribution < -0.4 is 5.32 Å². The maximum Gasteiger partial charge on any atom is 0.345 e. The molecule has 0 saturated carbocycles. The van der Waals surface area contributed by atoms with Crippen LogP contribution in [0.5, 0.6) is 0 Å². The molecule has 1 saturated heterocycles. The molecule has 31 heavy (non-hydrogen) atoms. The number of nitrogens with one attached hydrogen (secondary N) is 1. The molecule has 1 aliphatic rings. The summed E-state index contributed by atoms with van der Waals surface area (Å²) in [6.07, 6.45) is 3.56. The smallest absolute Gasteiger partial charge is 0.345 e. The minimum atomic E-state index is -3.74. The van der Waals surface area contributed by atoms with Crippen LogP contribution in [0.1, 0.15) is 35.2 Å². The number of carbonyl (C=O) groups is 2. The molecule has 0 bridgehead atoms. The van der Waals surface area contributed by atoms with Gasteiger partial charge in [0.2, 0.25) is 10.0 Å². The third-order valence-electron chi connectivity index (χ3n) is 4.61. The zero-order valence-corrected chi connectivity index (χ0v) is 18.2. The van der Waals surface area contributed by atoms with E-state index >= 15 is 0 Å². The number of anilines is 1. The van der Waals surface area contributed by atoms with Crippen LogP contribution in [0.3, 0.4) is 0 Å². The number of aromatic nitrogens is 1. The fraction of sp³-hybridized carbons (Fsp3) is 0.389. The molecule has 1 aliphatic heterocycles. The van der Waals surface area contributed by atoms with E-state index in [0.29, 0.717) is 30.0 Å². The number of hydrogen-bond donors (Lipinski definition) is 1. The Balaban J connectivity index is 1.65. The highest BCUT2D eigenvalue weighted by Crippen LogP contribution is 2.26. The van der Waals surface area contributed by atoms with Gasteiger partial charge in [-0.3, -0.25) is 20.2 Å². The normalized spacial score (nSPS) is 14.7. The summed E-state index contributed by atoms with van der Waals surface area (Å²) in [5.41, 5.74) is 0.504. The minimum Gasteiger partial charge on any atom is -0.452 e. The number of aryl methyl sites for hydroxylation is 1. The van der Waals surface area contributed by atoms with Gasteiger partial charge in [0, 0.05) is 13.1 Å². The van der Waals surface area contributed by atoms with Crippen molar-refractivity contribution in [3.05, 3.63) is 45.6 Å². The second kappa shape index (κ2) is 9.49. The summed E-state index contributed by atoms with van der Waals surface area (Å²) < 4.78 is 32.3. The fourth-order valence-corrected chi connectivity index (χ4v) is 5.44. The molecule has 1 amide bonds. The molecule has 0 spiro atoms. The summed E-state index contributed by atoms with van der Waals surface area (Å²) in [5.74, 6) is -1.60. The highest BCUT2D eigenvalue weighted by Gasteiger charge is 2.28. The van der Waals surface area contributed by atoms with Crippen molar-refractivity contribution in [2.24, 2.45) is 0 Å². The monoisotopic (exact) mass is 468 g/mol. The van der Waals surface area contributed by atoms with Crippen molar-refractivity contribution >= 4 is 43.4 Å². The Morgan fingerprint density at radius 2 is 2.00 bits per heavy atom. The standard InChI is InChI=1S/C18H20N4O7S2/c1-12-5-6-13(9-14(12)31(27,28)21-7-3-2-4-8-21)17(24)29-11-15(23)20-18-19-10-16(30-18)22(25)26/h5-6,9-10H,2-4,7-8,11H2,1H3,(H,19,20,23). The van der Waals surface area contributed by atoms with E-state index < -0.39 is 33.4 Å². The third-order valence-corrected chi connectivity index (χ3v) is 7.52. The highest BCUT2D eigenvalue weighted by atomic mass is 32.2. The molecular weight excluding hydrogens is 448 g/mol. The summed E-state index contributed by atoms with van der Waals surface area (Å²) in [6, 6.07) is 4.20. The number of nitrogens with zero attached hydrogens (tertiary/aromatic N) is 3. The lowest BCUT2D eigenvalue weighted by molar-refractivity contribution is -0.380. The van der Waals surface area contributed by atoms with E-state index in [1.807, 2.05) is 0 Å². The van der Waals surface area contributed by atoms with E-state index in [0.717, 1.165) is 25.5 Å². The molecule has 3 rings (SSSR count). The van der Waals surface area contributed by atoms with Gasteiger partial charge in [-0.15, -0.1) is 0 Å². The number of sulfonamides is 1. The molecule has 2 heterocycles. The molecule has 2 aromatic rings. The number of hydrogen-bond acceptors (Lipinski definition) is 9. The van der Waals surface area contributed by atoms with Crippen molar-refractivity contribution in [3.8, 4) is 0 Å². The fourth-order valence-electron chi connectivity index (χ4n) is 3.03. The number of esters is 1. The number of carbonyl (C=O) groups excluding carboxylic acids is 2. The van der Waals surface area contributed by atoms with Crippen LogP contribution in [0, 0.1) is 17.0 Å². The summed E-state index contributed by atoms with van der Waals surface area (Å²) in [5, 5.41) is 12.7. The van der Waals surface area contributed by atoms with Gasteiger partial charge in [-0.25, -0.2) is 18.2 Å². The number of thiazole rings is 1. The molecule has 1 aromatic carbocycles. The predicted octanol–water partition coefficient (Wildman–Crippen LogP) is 2.33. The summed E-state index contributed by atoms with van der Waals surface area (Å²) in [4.78, 5) is 38.0. The number of benzene rings is 1. The molecule has 166 valence electrons. The van der Waals surface area contributed by atoms with Crippen LogP contribution in [-0.4, -0.2) is 54.2 Å². The predicted molar refractivity (Wildman–Crippen MR) is 111 cm³/mol. The maximum atomic E-state index is 13.0. The quantitative estimate of drug-likeness (QED) is 0.370. The van der Waals surface area contributed by atoms with Gasteiger partial charge in [-0.05, 0) is 48.8 Å². The maximum absolute atomic E-state index is 13.0. The van der Waals surface area contributed by atoms with Crippen molar-refractivity contribution in [2.75, 3.05) is 25.0 Å². The topological polar surface area (TPSA) is 149 Å². The molecule has 0 radical (unpaired) electrons. The largest absolute Gasteiger partial charge is 0.452 e. The molecule has 1 fully saturated rings. The zero-order chi connectivity index (χ0) is 22.6. The first-order valence-electron chi connectivity index (χ1n) is 9.36. The Morgan fingerprint density at radius 3 is 2.65 bits per heavy atom. The summed E-state index contributed by atoms with van der Waals surface area (Å²) >= 11 is 0.666. The first-order valence-corrected chi connectivity index (χ1v) is 11.6. The zero-order valence-electron chi connectivity index (χ0n) is 16.6. The number of amides is 1. The van der Waals surface area contributed by atoms with Gasteiger partial charge < -0.3 is 4.74 Å². The molecule has 1 N–H and O–H groups in total. The van der Waals surface area contributed by atoms with E-state index in [9.17, 15) is 28.1 Å². The van der Waals surface area contributed by atoms with Crippen molar-refractivity contribution < 1.29 is 27.7 Å². The number of nitro groups is 1. The molecular formula is C18H20N4O7S2. The van der Waals surface area contributed by atoms with Crippen LogP contribution in [-0.2, 0) is 19.6 Å². The molecule has 1 aromatic heterocycles. The number of ether oxygens (including phenoxy) is 1. The lowest BCUT2D eigenvalue weighted by atomic mass is 10.1. The Hall–Kier alpha value is -2.90. The van der Waals surface area contributed by atoms with Crippen molar-refractivity contribution in [1.82, 2.24) is 9.29 Å². The van der Waals surface area contributed by atoms with Crippen molar-refractivity contribution in [2.45, 2.75) is 31.1 Å². The van der Waals surface area contributed by atoms with Gasteiger partial charge in [-0.1, -0.05) is 12.5 Å². The van der Waals surface area contributed by atoms with Gasteiger partial charge >= 0.3 is 11.0 Å². The Kier molecular flexibility index (Phi) is 6.97. The summed E-state index contributed by atoms with van der Waals surface area (Å²) in [6.45, 7) is 1.86. The molecule has 0 unspecified atom stereocenters. The second-order valence-corrected chi connectivity index (χ2v) is 9.75. The van der Waals surface area contributed by atoms with Crippen LogP contribution >= 0.6 is 11.3 Å². The van der Waals surface area contributed by atoms with Crippen LogP contribution in [0.4, 0.5) is 10.1 Å². The summed E-state index contributed by atoms with van der Waals surface area (Å²) in [7, 11) is -3.74. The molecule has 11 nitrogen and oxygen atoms in total. The first kappa shape index (κ1) is 22.8. The van der Waals surface area contributed by atoms with Crippen LogP contribution in [0.25, 0.3) is 0 Å². The first-order chi connectivity index (χ1) is 14.7. The minimum absolute atomic E-state index is 0.00105.